The minimum absolute atomic E-state index is 0.309. The fourth-order valence-electron chi connectivity index (χ4n) is 2.53. The van der Waals surface area contributed by atoms with Crippen molar-refractivity contribution in [2.24, 2.45) is 16.6 Å². The van der Waals surface area contributed by atoms with Gasteiger partial charge in [0.25, 0.3) is 0 Å². The maximum absolute atomic E-state index is 6.13. The van der Waals surface area contributed by atoms with Crippen molar-refractivity contribution in [2.45, 2.75) is 46.1 Å². The lowest BCUT2D eigenvalue weighted by Crippen LogP contribution is -2.53. The van der Waals surface area contributed by atoms with E-state index in [1.807, 2.05) is 0 Å². The normalized spacial score (nSPS) is 35.6. The number of hydrogen-bond donors (Lipinski definition) is 1. The van der Waals surface area contributed by atoms with Crippen LogP contribution in [0.1, 0.15) is 40.0 Å². The first-order valence-electron chi connectivity index (χ1n) is 5.89. The number of hydrogen-bond acceptors (Lipinski definition) is 2. The topological polar surface area (TPSA) is 29.3 Å². The van der Waals surface area contributed by atoms with Crippen molar-refractivity contribution < 1.29 is 0 Å². The lowest BCUT2D eigenvalue weighted by molar-refractivity contribution is 0.0808. The van der Waals surface area contributed by atoms with E-state index >= 15 is 0 Å². The van der Waals surface area contributed by atoms with Gasteiger partial charge in [0.15, 0.2) is 0 Å². The second-order valence-corrected chi connectivity index (χ2v) is 6.41. The molecule has 2 rings (SSSR count). The number of rotatable bonds is 2. The highest BCUT2D eigenvalue weighted by Gasteiger charge is 2.41. The zero-order valence-electron chi connectivity index (χ0n) is 9.84. The van der Waals surface area contributed by atoms with Gasteiger partial charge < -0.3 is 10.6 Å². The number of nitrogens with zero attached hydrogens (tertiary/aromatic N) is 1. The largest absolute Gasteiger partial charge is 0.327 e. The van der Waals surface area contributed by atoms with E-state index in [9.17, 15) is 0 Å². The maximum Gasteiger partial charge on any atom is 0.0115 e. The van der Waals surface area contributed by atoms with Gasteiger partial charge in [0.1, 0.15) is 0 Å². The van der Waals surface area contributed by atoms with Crippen molar-refractivity contribution in [3.05, 3.63) is 0 Å². The molecule has 1 saturated carbocycles. The van der Waals surface area contributed by atoms with Crippen LogP contribution in [0.3, 0.4) is 0 Å². The van der Waals surface area contributed by atoms with E-state index in [2.05, 4.69) is 25.7 Å². The van der Waals surface area contributed by atoms with Gasteiger partial charge in [-0.25, -0.2) is 0 Å². The first-order valence-corrected chi connectivity index (χ1v) is 5.89. The quantitative estimate of drug-likeness (QED) is 0.730. The van der Waals surface area contributed by atoms with Crippen molar-refractivity contribution in [2.75, 3.05) is 19.6 Å². The van der Waals surface area contributed by atoms with Crippen molar-refractivity contribution in [3.8, 4) is 0 Å². The summed E-state index contributed by atoms with van der Waals surface area (Å²) in [7, 11) is 0. The molecule has 2 aliphatic rings. The Hall–Kier alpha value is -0.0800. The van der Waals surface area contributed by atoms with Crippen LogP contribution in [0, 0.1) is 10.8 Å². The van der Waals surface area contributed by atoms with E-state index in [0.29, 0.717) is 16.9 Å². The van der Waals surface area contributed by atoms with Gasteiger partial charge >= 0.3 is 0 Å². The fourth-order valence-corrected chi connectivity index (χ4v) is 2.53. The molecule has 1 aliphatic heterocycles. The maximum atomic E-state index is 6.13. The first-order chi connectivity index (χ1) is 6.41. The Kier molecular flexibility index (Phi) is 2.39. The molecule has 1 unspecified atom stereocenters. The highest BCUT2D eigenvalue weighted by atomic mass is 15.2. The third-order valence-corrected chi connectivity index (χ3v) is 4.10. The Morgan fingerprint density at radius 3 is 2.43 bits per heavy atom. The molecular weight excluding hydrogens is 172 g/mol. The Morgan fingerprint density at radius 1 is 1.29 bits per heavy atom. The molecular formula is C12H24N2. The molecule has 2 nitrogen and oxygen atoms in total. The first kappa shape index (κ1) is 10.4. The van der Waals surface area contributed by atoms with Crippen LogP contribution in [0.2, 0.25) is 0 Å². The van der Waals surface area contributed by atoms with Gasteiger partial charge in [0, 0.05) is 19.1 Å². The van der Waals surface area contributed by atoms with Gasteiger partial charge in [0.05, 0.1) is 0 Å². The third-order valence-electron chi connectivity index (χ3n) is 4.10. The summed E-state index contributed by atoms with van der Waals surface area (Å²) in [6.45, 7) is 10.7. The van der Waals surface area contributed by atoms with Crippen LogP contribution in [0.5, 0.6) is 0 Å². The van der Waals surface area contributed by atoms with Crippen molar-refractivity contribution in [3.63, 3.8) is 0 Å². The van der Waals surface area contributed by atoms with Crippen LogP contribution >= 0.6 is 0 Å². The van der Waals surface area contributed by atoms with Gasteiger partial charge in [-0.1, -0.05) is 20.8 Å². The van der Waals surface area contributed by atoms with Gasteiger partial charge in [-0.05, 0) is 36.6 Å². The lowest BCUT2D eigenvalue weighted by atomic mass is 9.79. The summed E-state index contributed by atoms with van der Waals surface area (Å²) in [5.74, 6) is 0. The molecule has 0 amide bonds. The monoisotopic (exact) mass is 196 g/mol. The molecule has 82 valence electrons. The van der Waals surface area contributed by atoms with E-state index in [1.54, 1.807) is 0 Å². The standard InChI is InChI=1S/C12H24N2/c1-11(2)8-14(7-4-10(11)13)9-12(3)5-6-12/h10H,4-9,13H2,1-3H3. The summed E-state index contributed by atoms with van der Waals surface area (Å²) >= 11 is 0. The zero-order chi connectivity index (χ0) is 10.4. The summed E-state index contributed by atoms with van der Waals surface area (Å²) in [6.07, 6.45) is 4.02. The van der Waals surface area contributed by atoms with Crippen molar-refractivity contribution in [1.82, 2.24) is 4.90 Å². The number of likely N-dealkylation sites (tertiary alicyclic amines) is 1. The van der Waals surface area contributed by atoms with Crippen molar-refractivity contribution in [1.29, 1.82) is 0 Å². The Labute approximate surface area is 87.8 Å². The lowest BCUT2D eigenvalue weighted by Gasteiger charge is -2.43. The summed E-state index contributed by atoms with van der Waals surface area (Å²) < 4.78 is 0. The summed E-state index contributed by atoms with van der Waals surface area (Å²) in [4.78, 5) is 2.62. The molecule has 1 atom stereocenters. The highest BCUT2D eigenvalue weighted by Crippen LogP contribution is 2.46. The third kappa shape index (κ3) is 2.12. The van der Waals surface area contributed by atoms with Gasteiger partial charge in [-0.15, -0.1) is 0 Å². The summed E-state index contributed by atoms with van der Waals surface area (Å²) in [5.41, 5.74) is 7.09. The minimum Gasteiger partial charge on any atom is -0.327 e. The predicted octanol–water partition coefficient (Wildman–Crippen LogP) is 1.85. The molecule has 0 bridgehead atoms. The summed E-state index contributed by atoms with van der Waals surface area (Å²) in [6, 6.07) is 0.394. The zero-order valence-corrected chi connectivity index (χ0v) is 9.84. The van der Waals surface area contributed by atoms with E-state index in [-0.39, 0.29) is 0 Å². The molecule has 0 radical (unpaired) electrons. The molecule has 2 fully saturated rings. The van der Waals surface area contributed by atoms with Crippen molar-refractivity contribution >= 4 is 0 Å². The van der Waals surface area contributed by atoms with Crippen LogP contribution in [-0.4, -0.2) is 30.6 Å². The molecule has 0 aromatic heterocycles. The molecule has 0 spiro atoms. The summed E-state index contributed by atoms with van der Waals surface area (Å²) in [5, 5.41) is 0. The molecule has 0 aromatic rings. The molecule has 2 N–H and O–H groups in total. The van der Waals surface area contributed by atoms with E-state index < -0.39 is 0 Å². The van der Waals surface area contributed by atoms with E-state index in [1.165, 1.54) is 38.9 Å². The Morgan fingerprint density at radius 2 is 1.93 bits per heavy atom. The predicted molar refractivity (Wildman–Crippen MR) is 60.2 cm³/mol. The van der Waals surface area contributed by atoms with Gasteiger partial charge in [-0.2, -0.15) is 0 Å². The van der Waals surface area contributed by atoms with E-state index in [4.69, 9.17) is 5.73 Å². The highest BCUT2D eigenvalue weighted by molar-refractivity contribution is 4.95. The number of nitrogens with two attached hydrogens (primary N) is 1. The minimum atomic E-state index is 0.309. The average Bonchev–Trinajstić information content (AvgIpc) is 2.76. The Bertz CT molecular complexity index is 218. The second kappa shape index (κ2) is 3.21. The van der Waals surface area contributed by atoms with Gasteiger partial charge in [-0.3, -0.25) is 0 Å². The van der Waals surface area contributed by atoms with Crippen LogP contribution in [0.4, 0.5) is 0 Å². The Balaban J connectivity index is 1.90. The second-order valence-electron chi connectivity index (χ2n) is 6.41. The van der Waals surface area contributed by atoms with E-state index in [0.717, 1.165) is 0 Å². The molecule has 14 heavy (non-hydrogen) atoms. The molecule has 2 heteroatoms. The van der Waals surface area contributed by atoms with Crippen LogP contribution in [0.25, 0.3) is 0 Å². The molecule has 1 heterocycles. The average molecular weight is 196 g/mol. The molecule has 0 aromatic carbocycles. The van der Waals surface area contributed by atoms with Crippen LogP contribution in [0.15, 0.2) is 0 Å². The number of piperidine rings is 1. The van der Waals surface area contributed by atoms with Crippen LogP contribution < -0.4 is 5.73 Å². The fraction of sp³-hybridized carbons (Fsp3) is 1.00. The smallest absolute Gasteiger partial charge is 0.0115 e. The van der Waals surface area contributed by atoms with Crippen LogP contribution in [-0.2, 0) is 0 Å². The molecule has 1 aliphatic carbocycles. The molecule has 1 saturated heterocycles. The van der Waals surface area contributed by atoms with Gasteiger partial charge in [0.2, 0.25) is 0 Å². The SMILES string of the molecule is CC1(CN2CCC(N)C(C)(C)C2)CC1.